The number of hydrogen-bond acceptors (Lipinski definition) is 4. The highest BCUT2D eigenvalue weighted by Crippen LogP contribution is 2.64. The monoisotopic (exact) mass is 462 g/mol. The van der Waals surface area contributed by atoms with Crippen LogP contribution in [0.5, 0.6) is 0 Å². The predicted octanol–water partition coefficient (Wildman–Crippen LogP) is 4.93. The van der Waals surface area contributed by atoms with Gasteiger partial charge in [-0.25, -0.2) is 0 Å². The summed E-state index contributed by atoms with van der Waals surface area (Å²) in [7, 11) is 2.08. The van der Waals surface area contributed by atoms with Crippen molar-refractivity contribution in [2.75, 3.05) is 32.8 Å². The summed E-state index contributed by atoms with van der Waals surface area (Å²) in [6.45, 7) is 4.85. The molecule has 2 aliphatic heterocycles. The first-order chi connectivity index (χ1) is 15.9. The van der Waals surface area contributed by atoms with Crippen LogP contribution in [0.2, 0.25) is 0 Å². The highest BCUT2D eigenvalue weighted by Gasteiger charge is 2.57. The number of aryl methyl sites for hydroxylation is 1. The Hall–Kier alpha value is -1.93. The average molecular weight is 463 g/mol. The Balaban J connectivity index is 1.06. The number of ether oxygens (including phenoxy) is 1. The van der Waals surface area contributed by atoms with Crippen LogP contribution in [0.15, 0.2) is 24.3 Å². The first-order valence-electron chi connectivity index (χ1n) is 12.2. The third-order valence-corrected chi connectivity index (χ3v) is 8.00. The van der Waals surface area contributed by atoms with Gasteiger partial charge in [-0.2, -0.15) is 13.2 Å². The minimum atomic E-state index is -4.26. The summed E-state index contributed by atoms with van der Waals surface area (Å²) < 4.78 is 46.1. The van der Waals surface area contributed by atoms with Gasteiger partial charge in [-0.15, -0.1) is 10.2 Å². The summed E-state index contributed by atoms with van der Waals surface area (Å²) in [5.41, 5.74) is 0.784. The van der Waals surface area contributed by atoms with E-state index in [1.54, 1.807) is 12.1 Å². The molecule has 1 unspecified atom stereocenters. The smallest absolute Gasteiger partial charge is 0.381 e. The van der Waals surface area contributed by atoms with Gasteiger partial charge in [-0.3, -0.25) is 0 Å². The van der Waals surface area contributed by atoms with E-state index in [1.807, 2.05) is 0 Å². The molecule has 0 radical (unpaired) electrons. The number of alkyl halides is 3. The summed E-state index contributed by atoms with van der Waals surface area (Å²) in [6, 6.07) is 5.82. The lowest BCUT2D eigenvalue weighted by atomic mass is 9.97. The van der Waals surface area contributed by atoms with Gasteiger partial charge in [-0.05, 0) is 80.6 Å². The lowest BCUT2D eigenvalue weighted by molar-refractivity contribution is -0.137. The van der Waals surface area contributed by atoms with Crippen LogP contribution in [0.25, 0.3) is 0 Å². The second-order valence-corrected chi connectivity index (χ2v) is 10.1. The lowest BCUT2D eigenvalue weighted by Gasteiger charge is -2.21. The molecular weight excluding hydrogens is 429 g/mol. The Bertz CT molecular complexity index is 952. The Morgan fingerprint density at radius 2 is 1.85 bits per heavy atom. The molecule has 2 saturated heterocycles. The van der Waals surface area contributed by atoms with Crippen LogP contribution in [0.4, 0.5) is 13.2 Å². The van der Waals surface area contributed by atoms with Gasteiger partial charge in [0.05, 0.1) is 5.56 Å². The molecule has 2 atom stereocenters. The van der Waals surface area contributed by atoms with Crippen LogP contribution in [0, 0.1) is 5.41 Å². The number of hydrogen-bond donors (Lipinski definition) is 0. The van der Waals surface area contributed by atoms with Crippen LogP contribution < -0.4 is 0 Å². The van der Waals surface area contributed by atoms with Crippen molar-refractivity contribution in [1.29, 1.82) is 0 Å². The van der Waals surface area contributed by atoms with E-state index < -0.39 is 11.7 Å². The Morgan fingerprint density at radius 1 is 1.09 bits per heavy atom. The SMILES string of the molecule is Cn1c(CCCCN2CCC3(C[C@H]3c3ccc(C(F)(F)F)cc3)C2)nnc1C1CCOCC1. The van der Waals surface area contributed by atoms with Crippen molar-refractivity contribution in [3.8, 4) is 0 Å². The minimum absolute atomic E-state index is 0.280. The molecule has 0 bridgehead atoms. The highest BCUT2D eigenvalue weighted by molar-refractivity contribution is 5.34. The van der Waals surface area contributed by atoms with Crippen LogP contribution in [-0.2, 0) is 24.4 Å². The molecule has 1 saturated carbocycles. The predicted molar refractivity (Wildman–Crippen MR) is 119 cm³/mol. The molecule has 1 aliphatic carbocycles. The summed E-state index contributed by atoms with van der Waals surface area (Å²) in [6.07, 6.45) is 3.19. The maximum Gasteiger partial charge on any atom is 0.416 e. The van der Waals surface area contributed by atoms with E-state index in [2.05, 4.69) is 26.7 Å². The molecule has 8 heteroatoms. The van der Waals surface area contributed by atoms with Gasteiger partial charge >= 0.3 is 6.18 Å². The molecule has 2 aromatic rings. The van der Waals surface area contributed by atoms with Crippen LogP contribution in [0.3, 0.4) is 0 Å². The van der Waals surface area contributed by atoms with Crippen molar-refractivity contribution in [1.82, 2.24) is 19.7 Å². The van der Waals surface area contributed by atoms with Crippen LogP contribution in [0.1, 0.15) is 73.1 Å². The van der Waals surface area contributed by atoms with Gasteiger partial charge in [0.15, 0.2) is 0 Å². The number of benzene rings is 1. The average Bonchev–Trinajstić information content (AvgIpc) is 3.15. The van der Waals surface area contributed by atoms with Crippen molar-refractivity contribution in [3.63, 3.8) is 0 Å². The number of likely N-dealkylation sites (tertiary alicyclic amines) is 1. The number of nitrogens with zero attached hydrogens (tertiary/aromatic N) is 4. The molecule has 1 spiro atoms. The van der Waals surface area contributed by atoms with Crippen molar-refractivity contribution in [2.24, 2.45) is 12.5 Å². The number of unbranched alkanes of at least 4 members (excludes halogenated alkanes) is 1. The summed E-state index contributed by atoms with van der Waals surface area (Å²) in [5.74, 6) is 3.03. The molecule has 33 heavy (non-hydrogen) atoms. The van der Waals surface area contributed by atoms with E-state index >= 15 is 0 Å². The van der Waals surface area contributed by atoms with E-state index in [4.69, 9.17) is 4.74 Å². The standard InChI is InChI=1S/C25H33F3N4O/c1-31-22(29-30-23(31)19-9-14-33-15-10-19)4-2-3-12-32-13-11-24(17-32)16-21(24)18-5-7-20(8-6-18)25(26,27)28/h5-8,19,21H,2-4,9-17H2,1H3/t21-,24?/m0/s1. The van der Waals surface area contributed by atoms with Gasteiger partial charge in [0.2, 0.25) is 0 Å². The number of halogens is 3. The zero-order valence-electron chi connectivity index (χ0n) is 19.3. The van der Waals surface area contributed by atoms with Gasteiger partial charge in [0.1, 0.15) is 11.6 Å². The van der Waals surface area contributed by atoms with Crippen molar-refractivity contribution < 1.29 is 17.9 Å². The van der Waals surface area contributed by atoms with E-state index in [0.29, 0.717) is 11.8 Å². The first kappa shape index (κ1) is 22.8. The van der Waals surface area contributed by atoms with Crippen molar-refractivity contribution in [2.45, 2.75) is 63.0 Å². The Labute approximate surface area is 193 Å². The first-order valence-corrected chi connectivity index (χ1v) is 12.2. The number of rotatable bonds is 7. The summed E-state index contributed by atoms with van der Waals surface area (Å²) in [4.78, 5) is 2.54. The fraction of sp³-hybridized carbons (Fsp3) is 0.680. The number of aromatic nitrogens is 3. The molecule has 3 aliphatic rings. The van der Waals surface area contributed by atoms with Crippen molar-refractivity contribution >= 4 is 0 Å². The second-order valence-electron chi connectivity index (χ2n) is 10.1. The van der Waals surface area contributed by atoms with Gasteiger partial charge in [0.25, 0.3) is 0 Å². The quantitative estimate of drug-likeness (QED) is 0.548. The minimum Gasteiger partial charge on any atom is -0.381 e. The molecule has 0 N–H and O–H groups in total. The maximum atomic E-state index is 12.8. The van der Waals surface area contributed by atoms with E-state index in [0.717, 1.165) is 95.0 Å². The zero-order valence-corrected chi connectivity index (χ0v) is 19.3. The molecule has 0 amide bonds. The summed E-state index contributed by atoms with van der Waals surface area (Å²) in [5, 5.41) is 8.91. The molecule has 5 nitrogen and oxygen atoms in total. The topological polar surface area (TPSA) is 43.2 Å². The Morgan fingerprint density at radius 3 is 2.58 bits per heavy atom. The Kier molecular flexibility index (Phi) is 6.25. The summed E-state index contributed by atoms with van der Waals surface area (Å²) >= 11 is 0. The van der Waals surface area contributed by atoms with Crippen molar-refractivity contribution in [3.05, 3.63) is 47.0 Å². The maximum absolute atomic E-state index is 12.8. The molecule has 3 fully saturated rings. The van der Waals surface area contributed by atoms with Gasteiger partial charge < -0.3 is 14.2 Å². The van der Waals surface area contributed by atoms with E-state index in [9.17, 15) is 13.2 Å². The fourth-order valence-electron chi connectivity index (χ4n) is 5.87. The molecular formula is C25H33F3N4O. The van der Waals surface area contributed by atoms with Crippen LogP contribution >= 0.6 is 0 Å². The molecule has 3 heterocycles. The molecule has 1 aromatic heterocycles. The van der Waals surface area contributed by atoms with E-state index in [1.165, 1.54) is 12.1 Å². The molecule has 180 valence electrons. The molecule has 5 rings (SSSR count). The second kappa shape index (κ2) is 9.02. The van der Waals surface area contributed by atoms with E-state index in [-0.39, 0.29) is 5.41 Å². The normalized spacial score (nSPS) is 26.4. The lowest BCUT2D eigenvalue weighted by Crippen LogP contribution is -2.23. The molecule has 1 aromatic carbocycles. The van der Waals surface area contributed by atoms with Crippen LogP contribution in [-0.4, -0.2) is 52.5 Å². The zero-order chi connectivity index (χ0) is 23.1. The third-order valence-electron chi connectivity index (χ3n) is 8.00. The fourth-order valence-corrected chi connectivity index (χ4v) is 5.87. The largest absolute Gasteiger partial charge is 0.416 e. The van der Waals surface area contributed by atoms with Gasteiger partial charge in [0, 0.05) is 39.1 Å². The van der Waals surface area contributed by atoms with Gasteiger partial charge in [-0.1, -0.05) is 12.1 Å². The highest BCUT2D eigenvalue weighted by atomic mass is 19.4. The third kappa shape index (κ3) is 4.83.